The molecule has 5 heteroatoms. The average molecular weight is 308 g/mol. The normalized spacial score (nSPS) is 13.7. The summed E-state index contributed by atoms with van der Waals surface area (Å²) in [5, 5.41) is 3.13. The SMILES string of the molecule is NC(=O)c1ccc(CN=C(N)Nc2ccc3c(c2)CCC3)cc1. The van der Waals surface area contributed by atoms with Crippen molar-refractivity contribution >= 4 is 17.6 Å². The first-order chi connectivity index (χ1) is 11.1. The maximum absolute atomic E-state index is 11.0. The summed E-state index contributed by atoms with van der Waals surface area (Å²) < 4.78 is 0. The molecule has 0 spiro atoms. The van der Waals surface area contributed by atoms with Crippen molar-refractivity contribution in [3.63, 3.8) is 0 Å². The molecule has 0 aliphatic heterocycles. The molecule has 1 aliphatic rings. The van der Waals surface area contributed by atoms with Crippen molar-refractivity contribution in [2.75, 3.05) is 5.32 Å². The summed E-state index contributed by atoms with van der Waals surface area (Å²) in [6, 6.07) is 13.4. The number of amides is 1. The number of nitrogens with one attached hydrogen (secondary N) is 1. The van der Waals surface area contributed by atoms with Gasteiger partial charge in [0.15, 0.2) is 5.96 Å². The molecule has 1 amide bonds. The van der Waals surface area contributed by atoms with E-state index in [0.717, 1.165) is 17.7 Å². The third-order valence-corrected chi connectivity index (χ3v) is 4.04. The number of primary amides is 1. The fourth-order valence-electron chi connectivity index (χ4n) is 2.79. The number of rotatable bonds is 4. The van der Waals surface area contributed by atoms with Crippen LogP contribution < -0.4 is 16.8 Å². The van der Waals surface area contributed by atoms with E-state index < -0.39 is 5.91 Å². The van der Waals surface area contributed by atoms with Crippen LogP contribution >= 0.6 is 0 Å². The number of aliphatic imine (C=N–C) groups is 1. The Balaban J connectivity index is 1.62. The number of carbonyl (C=O) groups is 1. The fraction of sp³-hybridized carbons (Fsp3) is 0.222. The zero-order valence-corrected chi connectivity index (χ0v) is 12.9. The van der Waals surface area contributed by atoms with Gasteiger partial charge in [0.2, 0.25) is 5.91 Å². The first-order valence-corrected chi connectivity index (χ1v) is 7.69. The molecule has 0 fully saturated rings. The van der Waals surface area contributed by atoms with Crippen LogP contribution in [0.2, 0.25) is 0 Å². The Kier molecular flexibility index (Phi) is 4.28. The highest BCUT2D eigenvalue weighted by atomic mass is 16.1. The van der Waals surface area contributed by atoms with Gasteiger partial charge in [-0.1, -0.05) is 18.2 Å². The molecule has 2 aromatic rings. The summed E-state index contributed by atoms with van der Waals surface area (Å²) in [4.78, 5) is 15.4. The number of carbonyl (C=O) groups excluding carboxylic acids is 1. The Labute approximate surface area is 135 Å². The van der Waals surface area contributed by atoms with Crippen molar-refractivity contribution in [1.29, 1.82) is 0 Å². The van der Waals surface area contributed by atoms with Gasteiger partial charge in [0.1, 0.15) is 0 Å². The molecule has 0 heterocycles. The number of hydrogen-bond acceptors (Lipinski definition) is 2. The molecule has 1 aliphatic carbocycles. The van der Waals surface area contributed by atoms with E-state index in [-0.39, 0.29) is 0 Å². The summed E-state index contributed by atoms with van der Waals surface area (Å²) in [7, 11) is 0. The van der Waals surface area contributed by atoms with Crippen LogP contribution in [0.4, 0.5) is 5.69 Å². The fourth-order valence-corrected chi connectivity index (χ4v) is 2.79. The largest absolute Gasteiger partial charge is 0.370 e. The van der Waals surface area contributed by atoms with Crippen molar-refractivity contribution in [1.82, 2.24) is 0 Å². The highest BCUT2D eigenvalue weighted by Crippen LogP contribution is 2.24. The second-order valence-corrected chi connectivity index (χ2v) is 5.72. The Hall–Kier alpha value is -2.82. The Morgan fingerprint density at radius 3 is 2.52 bits per heavy atom. The van der Waals surface area contributed by atoms with Gasteiger partial charge in [-0.15, -0.1) is 0 Å². The molecule has 0 saturated carbocycles. The van der Waals surface area contributed by atoms with E-state index >= 15 is 0 Å². The van der Waals surface area contributed by atoms with Crippen molar-refractivity contribution in [3.05, 3.63) is 64.7 Å². The molecule has 0 radical (unpaired) electrons. The lowest BCUT2D eigenvalue weighted by Crippen LogP contribution is -2.22. The maximum Gasteiger partial charge on any atom is 0.248 e. The van der Waals surface area contributed by atoms with Gasteiger partial charge in [0.25, 0.3) is 0 Å². The lowest BCUT2D eigenvalue weighted by Gasteiger charge is -2.08. The molecule has 118 valence electrons. The molecule has 5 nitrogen and oxygen atoms in total. The first kappa shape index (κ1) is 15.1. The van der Waals surface area contributed by atoms with Crippen molar-refractivity contribution in [3.8, 4) is 0 Å². The van der Waals surface area contributed by atoms with Crippen molar-refractivity contribution in [2.45, 2.75) is 25.8 Å². The van der Waals surface area contributed by atoms with Crippen LogP contribution in [-0.4, -0.2) is 11.9 Å². The molecule has 23 heavy (non-hydrogen) atoms. The summed E-state index contributed by atoms with van der Waals surface area (Å²) in [6.07, 6.45) is 3.53. The molecule has 3 rings (SSSR count). The second-order valence-electron chi connectivity index (χ2n) is 5.72. The third kappa shape index (κ3) is 3.69. The van der Waals surface area contributed by atoms with Crippen LogP contribution in [0.15, 0.2) is 47.5 Å². The molecule has 0 unspecified atom stereocenters. The number of benzene rings is 2. The van der Waals surface area contributed by atoms with E-state index in [4.69, 9.17) is 11.5 Å². The summed E-state index contributed by atoms with van der Waals surface area (Å²) in [6.45, 7) is 0.447. The number of anilines is 1. The van der Waals surface area contributed by atoms with Crippen molar-refractivity contribution in [2.24, 2.45) is 16.5 Å². The van der Waals surface area contributed by atoms with Gasteiger partial charge < -0.3 is 16.8 Å². The minimum atomic E-state index is -0.433. The maximum atomic E-state index is 11.0. The number of guanidine groups is 1. The Bertz CT molecular complexity index is 750. The molecule has 0 saturated heterocycles. The van der Waals surface area contributed by atoms with E-state index in [9.17, 15) is 4.79 Å². The van der Waals surface area contributed by atoms with Crippen molar-refractivity contribution < 1.29 is 4.79 Å². The number of hydrogen-bond donors (Lipinski definition) is 3. The number of nitrogens with two attached hydrogens (primary N) is 2. The summed E-state index contributed by atoms with van der Waals surface area (Å²) in [5.74, 6) is -0.0558. The zero-order chi connectivity index (χ0) is 16.2. The van der Waals surface area contributed by atoms with E-state index in [2.05, 4.69) is 22.4 Å². The third-order valence-electron chi connectivity index (χ3n) is 4.04. The van der Waals surface area contributed by atoms with Gasteiger partial charge in [-0.25, -0.2) is 4.99 Å². The molecular formula is C18H20N4O. The van der Waals surface area contributed by atoms with Gasteiger partial charge in [0.05, 0.1) is 6.54 Å². The highest BCUT2D eigenvalue weighted by Gasteiger charge is 2.10. The quantitative estimate of drug-likeness (QED) is 0.597. The van der Waals surface area contributed by atoms with E-state index in [1.54, 1.807) is 12.1 Å². The first-order valence-electron chi connectivity index (χ1n) is 7.69. The zero-order valence-electron chi connectivity index (χ0n) is 12.9. The van der Waals surface area contributed by atoms with Crippen LogP contribution in [-0.2, 0) is 19.4 Å². The van der Waals surface area contributed by atoms with Gasteiger partial charge in [-0.05, 0) is 60.2 Å². The minimum absolute atomic E-state index is 0.377. The standard InChI is InChI=1S/C18H20N4O/c19-17(23)14-6-4-12(5-7-14)11-21-18(20)22-16-9-8-13-2-1-3-15(13)10-16/h4-10H,1-3,11H2,(H2,19,23)(H3,20,21,22). The van der Waals surface area contributed by atoms with Crippen LogP contribution in [0.1, 0.15) is 33.5 Å². The van der Waals surface area contributed by atoms with Gasteiger partial charge in [0, 0.05) is 11.3 Å². The summed E-state index contributed by atoms with van der Waals surface area (Å²) >= 11 is 0. The van der Waals surface area contributed by atoms with Crippen LogP contribution in [0, 0.1) is 0 Å². The van der Waals surface area contributed by atoms with Gasteiger partial charge in [-0.2, -0.15) is 0 Å². The molecule has 0 atom stereocenters. The van der Waals surface area contributed by atoms with Gasteiger partial charge in [-0.3, -0.25) is 4.79 Å². The predicted molar refractivity (Wildman–Crippen MR) is 92.4 cm³/mol. The van der Waals surface area contributed by atoms with E-state index in [0.29, 0.717) is 18.1 Å². The molecule has 2 aromatic carbocycles. The van der Waals surface area contributed by atoms with Gasteiger partial charge >= 0.3 is 0 Å². The lowest BCUT2D eigenvalue weighted by atomic mass is 10.1. The molecule has 0 bridgehead atoms. The minimum Gasteiger partial charge on any atom is -0.370 e. The van der Waals surface area contributed by atoms with Crippen LogP contribution in [0.3, 0.4) is 0 Å². The monoisotopic (exact) mass is 308 g/mol. The summed E-state index contributed by atoms with van der Waals surface area (Å²) in [5.41, 5.74) is 16.4. The molecular weight excluding hydrogens is 288 g/mol. The number of aryl methyl sites for hydroxylation is 2. The highest BCUT2D eigenvalue weighted by molar-refractivity contribution is 5.93. The lowest BCUT2D eigenvalue weighted by molar-refractivity contribution is 0.100. The van der Waals surface area contributed by atoms with Crippen LogP contribution in [0.5, 0.6) is 0 Å². The molecule has 0 aromatic heterocycles. The van der Waals surface area contributed by atoms with E-state index in [1.165, 1.54) is 24.0 Å². The number of nitrogens with zero attached hydrogens (tertiary/aromatic N) is 1. The Morgan fingerprint density at radius 2 is 1.78 bits per heavy atom. The smallest absolute Gasteiger partial charge is 0.248 e. The van der Waals surface area contributed by atoms with Crippen LogP contribution in [0.25, 0.3) is 0 Å². The Morgan fingerprint density at radius 1 is 1.04 bits per heavy atom. The molecule has 5 N–H and O–H groups in total. The van der Waals surface area contributed by atoms with E-state index in [1.807, 2.05) is 18.2 Å². The second kappa shape index (κ2) is 6.52. The number of fused-ring (bicyclic) bond motifs is 1. The average Bonchev–Trinajstić information content (AvgIpc) is 3.01. The topological polar surface area (TPSA) is 93.5 Å². The predicted octanol–water partition coefficient (Wildman–Crippen LogP) is 2.20.